The molecule has 2 heterocycles. The Balaban J connectivity index is 2.56. The van der Waals surface area contributed by atoms with Crippen molar-refractivity contribution in [2.75, 3.05) is 0 Å². The third kappa shape index (κ3) is 2.98. The van der Waals surface area contributed by atoms with Gasteiger partial charge in [0.15, 0.2) is 0 Å². The Morgan fingerprint density at radius 3 is 2.71 bits per heavy atom. The summed E-state index contributed by atoms with van der Waals surface area (Å²) in [6, 6.07) is 3.86. The normalized spacial score (nSPS) is 10.8. The molecule has 0 saturated heterocycles. The minimum atomic E-state index is 0.388. The van der Waals surface area contributed by atoms with Crippen molar-refractivity contribution in [2.45, 2.75) is 19.8 Å². The van der Waals surface area contributed by atoms with E-state index in [9.17, 15) is 0 Å². The molecule has 0 aliphatic rings. The maximum atomic E-state index is 5.18. The van der Waals surface area contributed by atoms with Gasteiger partial charge >= 0.3 is 0 Å². The summed E-state index contributed by atoms with van der Waals surface area (Å²) in [5.41, 5.74) is 2.01. The van der Waals surface area contributed by atoms with Crippen molar-refractivity contribution >= 4 is 28.1 Å². The second-order valence-corrected chi connectivity index (χ2v) is 5.40. The van der Waals surface area contributed by atoms with Gasteiger partial charge < -0.3 is 4.98 Å². The van der Waals surface area contributed by atoms with Crippen LogP contribution in [-0.2, 0) is 0 Å². The Kier molecular flexibility index (Phi) is 3.69. The zero-order chi connectivity index (χ0) is 12.4. The fraction of sp³-hybridized carbons (Fsp3) is 0.250. The SMILES string of the molecule is CC(C)c1cc(=S)nc(-c2cncc(Br)c2)[nH]1. The van der Waals surface area contributed by atoms with Crippen LogP contribution in [0, 0.1) is 4.64 Å². The first kappa shape index (κ1) is 12.4. The smallest absolute Gasteiger partial charge is 0.140 e. The summed E-state index contributed by atoms with van der Waals surface area (Å²) in [4.78, 5) is 11.7. The summed E-state index contributed by atoms with van der Waals surface area (Å²) < 4.78 is 1.52. The van der Waals surface area contributed by atoms with Crippen LogP contribution in [0.4, 0.5) is 0 Å². The Hall–Kier alpha value is -1.07. The average molecular weight is 310 g/mol. The summed E-state index contributed by atoms with van der Waals surface area (Å²) in [5, 5.41) is 0. The average Bonchev–Trinajstić information content (AvgIpc) is 2.28. The molecule has 2 rings (SSSR count). The highest BCUT2D eigenvalue weighted by Gasteiger charge is 2.05. The van der Waals surface area contributed by atoms with Gasteiger partial charge in [0, 0.05) is 28.1 Å². The number of pyridine rings is 1. The number of nitrogens with zero attached hydrogens (tertiary/aromatic N) is 2. The molecule has 0 fully saturated rings. The van der Waals surface area contributed by atoms with Crippen LogP contribution in [0.5, 0.6) is 0 Å². The van der Waals surface area contributed by atoms with Gasteiger partial charge in [-0.15, -0.1) is 0 Å². The maximum absolute atomic E-state index is 5.18. The van der Waals surface area contributed by atoms with E-state index in [4.69, 9.17) is 12.2 Å². The summed E-state index contributed by atoms with van der Waals surface area (Å²) >= 11 is 8.57. The van der Waals surface area contributed by atoms with E-state index in [-0.39, 0.29) is 0 Å². The molecule has 5 heteroatoms. The van der Waals surface area contributed by atoms with Gasteiger partial charge in [-0.1, -0.05) is 26.1 Å². The van der Waals surface area contributed by atoms with Gasteiger partial charge in [-0.2, -0.15) is 0 Å². The van der Waals surface area contributed by atoms with Crippen molar-refractivity contribution < 1.29 is 0 Å². The van der Waals surface area contributed by atoms with Crippen LogP contribution >= 0.6 is 28.1 Å². The number of aromatic amines is 1. The Morgan fingerprint density at radius 2 is 2.06 bits per heavy atom. The molecule has 0 unspecified atom stereocenters. The van der Waals surface area contributed by atoms with E-state index in [1.165, 1.54) is 0 Å². The minimum Gasteiger partial charge on any atom is -0.343 e. The van der Waals surface area contributed by atoms with Crippen molar-refractivity contribution in [2.24, 2.45) is 0 Å². The molecule has 0 aromatic carbocycles. The predicted octanol–water partition coefficient (Wildman–Crippen LogP) is 4.09. The minimum absolute atomic E-state index is 0.388. The number of H-pyrrole nitrogens is 1. The summed E-state index contributed by atoms with van der Waals surface area (Å²) in [6.45, 7) is 4.23. The second kappa shape index (κ2) is 5.06. The van der Waals surface area contributed by atoms with Crippen molar-refractivity contribution in [3.63, 3.8) is 0 Å². The number of hydrogen-bond acceptors (Lipinski definition) is 3. The fourth-order valence-corrected chi connectivity index (χ4v) is 2.05. The van der Waals surface area contributed by atoms with Crippen LogP contribution in [0.3, 0.4) is 0 Å². The molecule has 0 bridgehead atoms. The van der Waals surface area contributed by atoms with Crippen LogP contribution < -0.4 is 0 Å². The van der Waals surface area contributed by atoms with E-state index >= 15 is 0 Å². The summed E-state index contributed by atoms with van der Waals surface area (Å²) in [5.74, 6) is 1.15. The van der Waals surface area contributed by atoms with E-state index in [0.29, 0.717) is 10.6 Å². The Morgan fingerprint density at radius 1 is 1.29 bits per heavy atom. The molecule has 17 heavy (non-hydrogen) atoms. The number of nitrogens with one attached hydrogen (secondary N) is 1. The molecule has 0 aliphatic heterocycles. The first-order valence-corrected chi connectivity index (χ1v) is 6.48. The fourth-order valence-electron chi connectivity index (χ4n) is 1.47. The molecular formula is C12H12BrN3S. The van der Waals surface area contributed by atoms with Crippen LogP contribution in [0.1, 0.15) is 25.5 Å². The van der Waals surface area contributed by atoms with Crippen LogP contribution in [0.15, 0.2) is 29.0 Å². The molecule has 0 spiro atoms. The van der Waals surface area contributed by atoms with E-state index in [0.717, 1.165) is 21.6 Å². The van der Waals surface area contributed by atoms with Crippen molar-refractivity contribution in [1.82, 2.24) is 15.0 Å². The highest BCUT2D eigenvalue weighted by molar-refractivity contribution is 9.10. The largest absolute Gasteiger partial charge is 0.343 e. The standard InChI is InChI=1S/C12H12BrN3S/c1-7(2)10-4-11(17)16-12(15-10)8-3-9(13)6-14-5-8/h3-7H,1-2H3,(H,15,16,17). The Bertz CT molecular complexity index is 592. The number of hydrogen-bond donors (Lipinski definition) is 1. The van der Waals surface area contributed by atoms with E-state index < -0.39 is 0 Å². The molecule has 2 aromatic rings. The number of aromatic nitrogens is 3. The molecule has 2 aromatic heterocycles. The topological polar surface area (TPSA) is 41.6 Å². The molecule has 0 atom stereocenters. The third-order valence-electron chi connectivity index (χ3n) is 2.36. The molecule has 3 nitrogen and oxygen atoms in total. The van der Waals surface area contributed by atoms with Crippen molar-refractivity contribution in [3.8, 4) is 11.4 Å². The lowest BCUT2D eigenvalue weighted by Gasteiger charge is -2.08. The van der Waals surface area contributed by atoms with Crippen molar-refractivity contribution in [1.29, 1.82) is 0 Å². The number of rotatable bonds is 2. The lowest BCUT2D eigenvalue weighted by molar-refractivity contribution is 0.815. The van der Waals surface area contributed by atoms with Crippen LogP contribution in [-0.4, -0.2) is 15.0 Å². The van der Waals surface area contributed by atoms with Gasteiger partial charge in [0.1, 0.15) is 10.5 Å². The molecule has 0 amide bonds. The molecule has 0 saturated carbocycles. The number of halogens is 1. The zero-order valence-corrected chi connectivity index (χ0v) is 12.0. The zero-order valence-electron chi connectivity index (χ0n) is 9.57. The molecule has 0 aliphatic carbocycles. The Labute approximate surface area is 113 Å². The van der Waals surface area contributed by atoms with Crippen LogP contribution in [0.25, 0.3) is 11.4 Å². The third-order valence-corrected chi connectivity index (χ3v) is 3.01. The van der Waals surface area contributed by atoms with Gasteiger partial charge in [0.05, 0.1) is 0 Å². The second-order valence-electron chi connectivity index (χ2n) is 4.07. The van der Waals surface area contributed by atoms with Gasteiger partial charge in [-0.25, -0.2) is 4.98 Å². The summed E-state index contributed by atoms with van der Waals surface area (Å²) in [7, 11) is 0. The van der Waals surface area contributed by atoms with E-state index in [2.05, 4.69) is 44.7 Å². The van der Waals surface area contributed by atoms with Gasteiger partial charge in [-0.3, -0.25) is 4.98 Å². The summed E-state index contributed by atoms with van der Waals surface area (Å²) in [6.07, 6.45) is 3.51. The maximum Gasteiger partial charge on any atom is 0.140 e. The van der Waals surface area contributed by atoms with E-state index in [1.807, 2.05) is 12.1 Å². The predicted molar refractivity (Wildman–Crippen MR) is 74.4 cm³/mol. The highest BCUT2D eigenvalue weighted by Crippen LogP contribution is 2.20. The van der Waals surface area contributed by atoms with Crippen molar-refractivity contribution in [3.05, 3.63) is 39.3 Å². The highest BCUT2D eigenvalue weighted by atomic mass is 79.9. The van der Waals surface area contributed by atoms with Gasteiger partial charge in [0.25, 0.3) is 0 Å². The quantitative estimate of drug-likeness (QED) is 0.850. The first-order chi connectivity index (χ1) is 8.06. The molecule has 88 valence electrons. The van der Waals surface area contributed by atoms with Gasteiger partial charge in [-0.05, 0) is 34.0 Å². The molecule has 1 N–H and O–H groups in total. The lowest BCUT2D eigenvalue weighted by Crippen LogP contribution is -1.98. The monoisotopic (exact) mass is 309 g/mol. The molecular weight excluding hydrogens is 298 g/mol. The van der Waals surface area contributed by atoms with E-state index in [1.54, 1.807) is 12.4 Å². The van der Waals surface area contributed by atoms with Crippen LogP contribution in [0.2, 0.25) is 0 Å². The first-order valence-electron chi connectivity index (χ1n) is 5.28. The lowest BCUT2D eigenvalue weighted by atomic mass is 10.1. The van der Waals surface area contributed by atoms with Gasteiger partial charge in [0.2, 0.25) is 0 Å². The molecule has 0 radical (unpaired) electrons.